The van der Waals surface area contributed by atoms with Gasteiger partial charge < -0.3 is 22.6 Å². The maximum Gasteiger partial charge on any atom is 0.341 e. The van der Waals surface area contributed by atoms with Crippen molar-refractivity contribution in [2.45, 2.75) is 144 Å². The second kappa shape index (κ2) is 16.4. The van der Waals surface area contributed by atoms with E-state index in [4.69, 9.17) is 17.7 Å². The molecule has 0 unspecified atom stereocenters. The fourth-order valence-electron chi connectivity index (χ4n) is 4.50. The van der Waals surface area contributed by atoms with Crippen LogP contribution in [-0.2, 0) is 22.5 Å². The summed E-state index contributed by atoms with van der Waals surface area (Å²) in [6, 6.07) is 1.72. The molecule has 0 fully saturated rings. The number of amides is 1. The van der Waals surface area contributed by atoms with Crippen molar-refractivity contribution in [3.05, 3.63) is 12.7 Å². The van der Waals surface area contributed by atoms with E-state index >= 15 is 0 Å². The zero-order chi connectivity index (χ0) is 27.4. The molecule has 0 bridgehead atoms. The highest BCUT2D eigenvalue weighted by atomic mass is 28.4. The minimum absolute atomic E-state index is 0.0252. The molecule has 6 nitrogen and oxygen atoms in total. The molecule has 0 aliphatic rings. The molecule has 0 aromatic rings. The van der Waals surface area contributed by atoms with E-state index in [1.165, 1.54) is 6.08 Å². The molecule has 1 amide bonds. The summed E-state index contributed by atoms with van der Waals surface area (Å²) in [4.78, 5) is 14.6. The summed E-state index contributed by atoms with van der Waals surface area (Å²) in [6.07, 6.45) is 3.58. The van der Waals surface area contributed by atoms with Gasteiger partial charge in [-0.1, -0.05) is 34.3 Å². The molecule has 0 aromatic carbocycles. The first kappa shape index (κ1) is 34.5. The van der Waals surface area contributed by atoms with Crippen molar-refractivity contribution < 1.29 is 22.5 Å². The third kappa shape index (κ3) is 12.5. The molecule has 35 heavy (non-hydrogen) atoms. The third-order valence-electron chi connectivity index (χ3n) is 5.89. The molecule has 0 rings (SSSR count). The number of carbonyl (C=O) groups is 1. The first-order valence-corrected chi connectivity index (χ1v) is 17.9. The Bertz CT molecular complexity index is 546. The third-order valence-corrected chi connectivity index (χ3v) is 15.0. The lowest BCUT2D eigenvalue weighted by Gasteiger charge is -2.38. The molecule has 0 heterocycles. The van der Waals surface area contributed by atoms with Crippen LogP contribution in [-0.4, -0.2) is 65.4 Å². The van der Waals surface area contributed by atoms with Gasteiger partial charge >= 0.3 is 17.1 Å². The molecule has 0 aliphatic heterocycles. The molecular weight excluding hydrogens is 474 g/mol. The Balaban J connectivity index is 5.42. The second-order valence-electron chi connectivity index (χ2n) is 11.3. The van der Waals surface area contributed by atoms with Crippen molar-refractivity contribution in [2.24, 2.45) is 0 Å². The van der Waals surface area contributed by atoms with E-state index in [0.717, 1.165) is 24.9 Å². The van der Waals surface area contributed by atoms with E-state index in [1.807, 2.05) is 4.90 Å². The predicted molar refractivity (Wildman–Crippen MR) is 152 cm³/mol. The monoisotopic (exact) mass is 531 g/mol. The van der Waals surface area contributed by atoms with Crippen molar-refractivity contribution in [1.82, 2.24) is 4.90 Å². The van der Waals surface area contributed by atoms with Crippen molar-refractivity contribution in [1.29, 1.82) is 0 Å². The van der Waals surface area contributed by atoms with Crippen LogP contribution in [0.3, 0.4) is 0 Å². The summed E-state index contributed by atoms with van der Waals surface area (Å²) in [5.74, 6) is -0.0252. The Hall–Kier alpha value is -0.516. The largest absolute Gasteiger partial charge is 0.392 e. The van der Waals surface area contributed by atoms with E-state index in [1.54, 1.807) is 0 Å². The normalized spacial score (nSPS) is 13.2. The summed E-state index contributed by atoms with van der Waals surface area (Å²) in [6.45, 7) is 30.5. The Labute approximate surface area is 219 Å². The van der Waals surface area contributed by atoms with Gasteiger partial charge in [0.1, 0.15) is 0 Å². The quantitative estimate of drug-likeness (QED) is 0.130. The smallest absolute Gasteiger partial charge is 0.341 e. The molecule has 0 aliphatic carbocycles. The van der Waals surface area contributed by atoms with Gasteiger partial charge in [0.05, 0.1) is 0 Å². The lowest BCUT2D eigenvalue weighted by Crippen LogP contribution is -2.49. The van der Waals surface area contributed by atoms with Crippen LogP contribution in [0, 0.1) is 0 Å². The Morgan fingerprint density at radius 1 is 0.657 bits per heavy atom. The summed E-state index contributed by atoms with van der Waals surface area (Å²) in [5, 5.41) is 0. The molecule has 0 aromatic heterocycles. The van der Waals surface area contributed by atoms with Crippen molar-refractivity contribution >= 4 is 23.0 Å². The molecule has 0 radical (unpaired) electrons. The van der Waals surface area contributed by atoms with Crippen LogP contribution >= 0.6 is 0 Å². The lowest BCUT2D eigenvalue weighted by atomic mass is 10.3. The number of carbonyl (C=O) groups excluding carboxylic acids is 1. The molecular formula is C27H57NO5Si2. The zero-order valence-corrected chi connectivity index (χ0v) is 27.0. The summed E-state index contributed by atoms with van der Waals surface area (Å²) < 4.78 is 25.9. The van der Waals surface area contributed by atoms with Crippen LogP contribution in [0.2, 0.25) is 23.2 Å². The molecule has 0 atom stereocenters. The van der Waals surface area contributed by atoms with Crippen molar-refractivity contribution in [2.75, 3.05) is 13.1 Å². The van der Waals surface area contributed by atoms with Gasteiger partial charge in [0, 0.05) is 37.5 Å². The average molecular weight is 532 g/mol. The van der Waals surface area contributed by atoms with E-state index in [9.17, 15) is 4.79 Å². The van der Waals surface area contributed by atoms with E-state index < -0.39 is 17.1 Å². The lowest BCUT2D eigenvalue weighted by molar-refractivity contribution is -0.126. The Morgan fingerprint density at radius 2 is 0.943 bits per heavy atom. The fraction of sp³-hybridized carbons (Fsp3) is 0.889. The Morgan fingerprint density at radius 3 is 1.14 bits per heavy atom. The number of rotatable bonds is 19. The summed E-state index contributed by atoms with van der Waals surface area (Å²) in [7, 11) is -4.84. The molecule has 208 valence electrons. The average Bonchev–Trinajstić information content (AvgIpc) is 2.69. The summed E-state index contributed by atoms with van der Waals surface area (Å²) >= 11 is 0. The van der Waals surface area contributed by atoms with Crippen LogP contribution in [0.15, 0.2) is 12.7 Å². The van der Waals surface area contributed by atoms with Gasteiger partial charge in [0.25, 0.3) is 0 Å². The SMILES string of the molecule is C=CC(=O)N(CCC[Si](OC(C)C)(OC(C)C)C(C)C)CCC[Si](OC(C)C)(OC(C)C)C(C)C. The first-order valence-electron chi connectivity index (χ1n) is 13.7. The second-order valence-corrected chi connectivity index (χ2v) is 18.8. The predicted octanol–water partition coefficient (Wildman–Crippen LogP) is 7.19. The number of hydrogen-bond acceptors (Lipinski definition) is 5. The minimum Gasteiger partial charge on any atom is -0.392 e. The van der Waals surface area contributed by atoms with E-state index in [-0.39, 0.29) is 30.3 Å². The molecule has 0 N–H and O–H groups in total. The van der Waals surface area contributed by atoms with Gasteiger partial charge in [0.15, 0.2) is 0 Å². The van der Waals surface area contributed by atoms with Gasteiger partial charge in [-0.05, 0) is 97.5 Å². The van der Waals surface area contributed by atoms with Gasteiger partial charge in [-0.25, -0.2) is 0 Å². The highest BCUT2D eigenvalue weighted by Crippen LogP contribution is 2.33. The maximum absolute atomic E-state index is 12.7. The standard InChI is InChI=1S/C27H57NO5Si2/c1-14-27(29)28(17-15-19-34(25(10)11,30-21(2)3)31-22(4)5)18-16-20-35(26(12)13,32-23(6)7)33-24(8)9/h14,21-26H,1,15-20H2,2-13H3. The number of nitrogens with zero attached hydrogens (tertiary/aromatic N) is 1. The first-order chi connectivity index (χ1) is 16.1. The van der Waals surface area contributed by atoms with Crippen LogP contribution in [0.1, 0.15) is 95.9 Å². The zero-order valence-electron chi connectivity index (χ0n) is 25.0. The highest BCUT2D eigenvalue weighted by molar-refractivity contribution is 6.69. The van der Waals surface area contributed by atoms with E-state index in [0.29, 0.717) is 24.2 Å². The minimum atomic E-state index is -2.42. The summed E-state index contributed by atoms with van der Waals surface area (Å²) in [5.41, 5.74) is 0.657. The van der Waals surface area contributed by atoms with Crippen LogP contribution in [0.4, 0.5) is 0 Å². The molecule has 0 saturated carbocycles. The maximum atomic E-state index is 12.7. The fourth-order valence-corrected chi connectivity index (χ4v) is 11.8. The van der Waals surface area contributed by atoms with Gasteiger partial charge in [-0.3, -0.25) is 4.79 Å². The van der Waals surface area contributed by atoms with Gasteiger partial charge in [0.2, 0.25) is 5.91 Å². The van der Waals surface area contributed by atoms with Crippen molar-refractivity contribution in [3.8, 4) is 0 Å². The van der Waals surface area contributed by atoms with Gasteiger partial charge in [-0.2, -0.15) is 0 Å². The molecule has 0 saturated heterocycles. The van der Waals surface area contributed by atoms with Crippen LogP contribution in [0.5, 0.6) is 0 Å². The topological polar surface area (TPSA) is 57.2 Å². The number of hydrogen-bond donors (Lipinski definition) is 0. The highest BCUT2D eigenvalue weighted by Gasteiger charge is 2.44. The Kier molecular flexibility index (Phi) is 16.1. The van der Waals surface area contributed by atoms with E-state index in [2.05, 4.69) is 89.7 Å². The van der Waals surface area contributed by atoms with Crippen LogP contribution < -0.4 is 0 Å². The molecule has 0 spiro atoms. The van der Waals surface area contributed by atoms with Crippen LogP contribution in [0.25, 0.3) is 0 Å². The van der Waals surface area contributed by atoms with Gasteiger partial charge in [-0.15, -0.1) is 0 Å². The molecule has 8 heteroatoms. The van der Waals surface area contributed by atoms with Crippen molar-refractivity contribution in [3.63, 3.8) is 0 Å².